The average molecular weight is 208 g/mol. The number of carboxylic acid groups (broad SMARTS) is 1. The van der Waals surface area contributed by atoms with Crippen molar-refractivity contribution in [3.63, 3.8) is 0 Å². The highest BCUT2D eigenvalue weighted by Crippen LogP contribution is 2.25. The number of halogens is 1. The van der Waals surface area contributed by atoms with Gasteiger partial charge in [-0.3, -0.25) is 4.98 Å². The van der Waals surface area contributed by atoms with Crippen LogP contribution in [-0.2, 0) is 0 Å². The number of aromatic carboxylic acids is 1. The number of fused-ring (bicyclic) bond motifs is 1. The fourth-order valence-corrected chi connectivity index (χ4v) is 1.59. The van der Waals surface area contributed by atoms with Crippen molar-refractivity contribution in [2.24, 2.45) is 0 Å². The van der Waals surface area contributed by atoms with Crippen molar-refractivity contribution in [1.29, 1.82) is 0 Å². The third kappa shape index (κ3) is 1.32. The predicted molar refractivity (Wildman–Crippen MR) is 53.7 cm³/mol. The Kier molecular flexibility index (Phi) is 2.09. The topological polar surface area (TPSA) is 50.2 Å². The Morgan fingerprint density at radius 1 is 1.36 bits per heavy atom. The van der Waals surface area contributed by atoms with Crippen LogP contribution in [0.3, 0.4) is 0 Å². The summed E-state index contributed by atoms with van der Waals surface area (Å²) in [4.78, 5) is 14.8. The highest BCUT2D eigenvalue weighted by Gasteiger charge is 2.11. The van der Waals surface area contributed by atoms with Crippen LogP contribution in [-0.4, -0.2) is 16.1 Å². The number of pyridine rings is 1. The van der Waals surface area contributed by atoms with Crippen LogP contribution < -0.4 is 0 Å². The van der Waals surface area contributed by atoms with E-state index in [0.29, 0.717) is 10.9 Å². The van der Waals surface area contributed by atoms with Gasteiger partial charge in [0.1, 0.15) is 0 Å². The van der Waals surface area contributed by atoms with E-state index in [1.807, 2.05) is 0 Å². The van der Waals surface area contributed by atoms with Crippen molar-refractivity contribution in [3.8, 4) is 0 Å². The minimum atomic E-state index is -1.03. The first kappa shape index (κ1) is 8.97. The Balaban J connectivity index is 2.81. The van der Waals surface area contributed by atoms with Crippen molar-refractivity contribution in [2.75, 3.05) is 0 Å². The van der Waals surface area contributed by atoms with Gasteiger partial charge in [-0.2, -0.15) is 0 Å². The molecule has 0 unspecified atom stereocenters. The van der Waals surface area contributed by atoms with E-state index in [1.165, 1.54) is 6.07 Å². The van der Waals surface area contributed by atoms with Gasteiger partial charge < -0.3 is 5.11 Å². The maximum atomic E-state index is 10.8. The Labute approximate surface area is 85.0 Å². The number of hydrogen-bond acceptors (Lipinski definition) is 2. The lowest BCUT2D eigenvalue weighted by Gasteiger charge is -2.02. The van der Waals surface area contributed by atoms with Gasteiger partial charge in [-0.1, -0.05) is 11.6 Å². The van der Waals surface area contributed by atoms with Crippen molar-refractivity contribution < 1.29 is 9.90 Å². The lowest BCUT2D eigenvalue weighted by atomic mass is 10.1. The normalized spacial score (nSPS) is 10.4. The number of benzene rings is 1. The summed E-state index contributed by atoms with van der Waals surface area (Å²) >= 11 is 5.92. The summed E-state index contributed by atoms with van der Waals surface area (Å²) < 4.78 is 0. The zero-order valence-corrected chi connectivity index (χ0v) is 7.82. The van der Waals surface area contributed by atoms with E-state index in [2.05, 4.69) is 4.98 Å². The second kappa shape index (κ2) is 3.27. The molecule has 0 fully saturated rings. The summed E-state index contributed by atoms with van der Waals surface area (Å²) in [6.07, 6.45) is 1.64. The molecule has 2 aromatic rings. The highest BCUT2D eigenvalue weighted by molar-refractivity contribution is 6.38. The molecule has 0 atom stereocenters. The standard InChI is InChI=1S/C10H6ClNO2/c11-9-6-2-1-5-12-8(6)4-3-7(9)10(13)14/h1-5H,(H,13,14). The molecule has 1 heterocycles. The van der Waals surface area contributed by atoms with Crippen LogP contribution in [0.4, 0.5) is 0 Å². The third-order valence-electron chi connectivity index (χ3n) is 1.95. The first-order valence-corrected chi connectivity index (χ1v) is 4.34. The first-order valence-electron chi connectivity index (χ1n) is 3.96. The number of hydrogen-bond donors (Lipinski definition) is 1. The minimum absolute atomic E-state index is 0.104. The van der Waals surface area contributed by atoms with E-state index in [0.717, 1.165) is 0 Å². The van der Waals surface area contributed by atoms with Crippen LogP contribution in [0, 0.1) is 0 Å². The van der Waals surface area contributed by atoms with Gasteiger partial charge in [0.25, 0.3) is 0 Å². The van der Waals surface area contributed by atoms with Gasteiger partial charge in [-0.05, 0) is 24.3 Å². The molecule has 14 heavy (non-hydrogen) atoms. The maximum absolute atomic E-state index is 10.8. The van der Waals surface area contributed by atoms with Gasteiger partial charge in [-0.15, -0.1) is 0 Å². The van der Waals surface area contributed by atoms with Crippen LogP contribution in [0.25, 0.3) is 10.9 Å². The van der Waals surface area contributed by atoms with Gasteiger partial charge in [-0.25, -0.2) is 4.79 Å². The zero-order valence-electron chi connectivity index (χ0n) is 7.07. The Hall–Kier alpha value is -1.61. The van der Waals surface area contributed by atoms with Crippen LogP contribution in [0.15, 0.2) is 30.5 Å². The van der Waals surface area contributed by atoms with E-state index in [4.69, 9.17) is 16.7 Å². The van der Waals surface area contributed by atoms with Gasteiger partial charge in [0.15, 0.2) is 0 Å². The molecule has 0 aliphatic heterocycles. The SMILES string of the molecule is O=C(O)c1ccc2ncccc2c1Cl. The summed E-state index contributed by atoms with van der Waals surface area (Å²) in [6, 6.07) is 6.57. The molecule has 3 nitrogen and oxygen atoms in total. The second-order valence-corrected chi connectivity index (χ2v) is 3.18. The monoisotopic (exact) mass is 207 g/mol. The van der Waals surface area contributed by atoms with Gasteiger partial charge in [0.05, 0.1) is 16.1 Å². The second-order valence-electron chi connectivity index (χ2n) is 2.80. The van der Waals surface area contributed by atoms with Crippen LogP contribution >= 0.6 is 11.6 Å². The number of rotatable bonds is 1. The molecular weight excluding hydrogens is 202 g/mol. The Morgan fingerprint density at radius 3 is 2.86 bits per heavy atom. The van der Waals surface area contributed by atoms with E-state index in [-0.39, 0.29) is 10.6 Å². The largest absolute Gasteiger partial charge is 0.478 e. The molecule has 0 aliphatic rings. The van der Waals surface area contributed by atoms with Crippen LogP contribution in [0.5, 0.6) is 0 Å². The minimum Gasteiger partial charge on any atom is -0.478 e. The molecule has 0 saturated carbocycles. The maximum Gasteiger partial charge on any atom is 0.337 e. The molecule has 0 radical (unpaired) electrons. The Bertz CT molecular complexity index is 510. The predicted octanol–water partition coefficient (Wildman–Crippen LogP) is 2.59. The van der Waals surface area contributed by atoms with Crippen molar-refractivity contribution in [1.82, 2.24) is 4.98 Å². The van der Waals surface area contributed by atoms with E-state index in [9.17, 15) is 4.79 Å². The molecule has 0 aliphatic carbocycles. The molecule has 2 rings (SSSR count). The highest BCUT2D eigenvalue weighted by atomic mass is 35.5. The average Bonchev–Trinajstić information content (AvgIpc) is 2.18. The summed E-state index contributed by atoms with van der Waals surface area (Å²) in [6.45, 7) is 0. The smallest absolute Gasteiger partial charge is 0.337 e. The van der Waals surface area contributed by atoms with E-state index in [1.54, 1.807) is 24.4 Å². The number of aromatic nitrogens is 1. The van der Waals surface area contributed by atoms with Gasteiger partial charge in [0.2, 0.25) is 0 Å². The summed E-state index contributed by atoms with van der Waals surface area (Å²) in [7, 11) is 0. The van der Waals surface area contributed by atoms with E-state index < -0.39 is 5.97 Å². The molecule has 0 bridgehead atoms. The Morgan fingerprint density at radius 2 is 2.14 bits per heavy atom. The molecule has 1 N–H and O–H groups in total. The first-order chi connectivity index (χ1) is 6.70. The van der Waals surface area contributed by atoms with Crippen LogP contribution in [0.2, 0.25) is 5.02 Å². The number of nitrogens with zero attached hydrogens (tertiary/aromatic N) is 1. The fraction of sp³-hybridized carbons (Fsp3) is 0. The molecule has 0 spiro atoms. The third-order valence-corrected chi connectivity index (χ3v) is 2.36. The molecule has 4 heteroatoms. The van der Waals surface area contributed by atoms with Crippen molar-refractivity contribution >= 4 is 28.5 Å². The van der Waals surface area contributed by atoms with Crippen molar-refractivity contribution in [2.45, 2.75) is 0 Å². The molecule has 1 aromatic heterocycles. The lowest BCUT2D eigenvalue weighted by Crippen LogP contribution is -1.97. The number of carbonyl (C=O) groups is 1. The zero-order chi connectivity index (χ0) is 10.1. The molecule has 70 valence electrons. The summed E-state index contributed by atoms with van der Waals surface area (Å²) in [5, 5.41) is 9.72. The molecule has 1 aromatic carbocycles. The fourth-order valence-electron chi connectivity index (χ4n) is 1.28. The number of carboxylic acids is 1. The lowest BCUT2D eigenvalue weighted by molar-refractivity contribution is 0.0697. The molecule has 0 amide bonds. The summed E-state index contributed by atoms with van der Waals surface area (Å²) in [5.74, 6) is -1.03. The molecule has 0 saturated heterocycles. The van der Waals surface area contributed by atoms with Crippen molar-refractivity contribution in [3.05, 3.63) is 41.0 Å². The van der Waals surface area contributed by atoms with Gasteiger partial charge in [0, 0.05) is 11.6 Å². The quantitative estimate of drug-likeness (QED) is 0.782. The van der Waals surface area contributed by atoms with Crippen LogP contribution in [0.1, 0.15) is 10.4 Å². The van der Waals surface area contributed by atoms with Gasteiger partial charge >= 0.3 is 5.97 Å². The summed E-state index contributed by atoms with van der Waals surface area (Å²) in [5.41, 5.74) is 0.801. The molecular formula is C10H6ClNO2. The van der Waals surface area contributed by atoms with E-state index >= 15 is 0 Å².